The standard InChI is InChI=1S/C14H12ClNO2/c1-18-13-6-5-10(15)8-12(13)14(17)9-3-2-4-11(16)7-9/h2-8H,16H2,1H3. The minimum Gasteiger partial charge on any atom is -0.496 e. The second kappa shape index (κ2) is 5.10. The summed E-state index contributed by atoms with van der Waals surface area (Å²) in [4.78, 5) is 12.3. The molecule has 0 atom stereocenters. The van der Waals surface area contributed by atoms with Crippen molar-refractivity contribution < 1.29 is 9.53 Å². The van der Waals surface area contributed by atoms with Gasteiger partial charge >= 0.3 is 0 Å². The molecule has 2 N–H and O–H groups in total. The normalized spacial score (nSPS) is 10.1. The third-order valence-corrected chi connectivity index (χ3v) is 2.79. The Hall–Kier alpha value is -2.00. The van der Waals surface area contributed by atoms with Gasteiger partial charge in [0.2, 0.25) is 0 Å². The van der Waals surface area contributed by atoms with E-state index in [2.05, 4.69) is 0 Å². The van der Waals surface area contributed by atoms with Crippen LogP contribution in [-0.4, -0.2) is 12.9 Å². The van der Waals surface area contributed by atoms with Crippen molar-refractivity contribution in [1.29, 1.82) is 0 Å². The average Bonchev–Trinajstić information content (AvgIpc) is 2.38. The number of methoxy groups -OCH3 is 1. The smallest absolute Gasteiger partial charge is 0.196 e. The Morgan fingerprint density at radius 2 is 2.00 bits per heavy atom. The zero-order valence-electron chi connectivity index (χ0n) is 9.81. The van der Waals surface area contributed by atoms with Crippen LogP contribution in [0.25, 0.3) is 0 Å². The SMILES string of the molecule is COc1ccc(Cl)cc1C(=O)c1cccc(N)c1. The van der Waals surface area contributed by atoms with Crippen LogP contribution in [0.1, 0.15) is 15.9 Å². The number of ether oxygens (including phenoxy) is 1. The molecule has 92 valence electrons. The highest BCUT2D eigenvalue weighted by Gasteiger charge is 2.15. The van der Waals surface area contributed by atoms with Gasteiger partial charge in [-0.2, -0.15) is 0 Å². The van der Waals surface area contributed by atoms with Crippen LogP contribution in [0.2, 0.25) is 5.02 Å². The highest BCUT2D eigenvalue weighted by atomic mass is 35.5. The lowest BCUT2D eigenvalue weighted by molar-refractivity contribution is 0.103. The highest BCUT2D eigenvalue weighted by Crippen LogP contribution is 2.25. The molecule has 0 saturated carbocycles. The molecule has 2 rings (SSSR count). The Labute approximate surface area is 110 Å². The number of nitrogens with two attached hydrogens (primary N) is 1. The van der Waals surface area contributed by atoms with Gasteiger partial charge in [-0.1, -0.05) is 23.7 Å². The van der Waals surface area contributed by atoms with Crippen molar-refractivity contribution in [2.75, 3.05) is 12.8 Å². The zero-order valence-corrected chi connectivity index (χ0v) is 10.6. The number of hydrogen-bond acceptors (Lipinski definition) is 3. The third kappa shape index (κ3) is 2.46. The maximum absolute atomic E-state index is 12.3. The van der Waals surface area contributed by atoms with Crippen LogP contribution in [0, 0.1) is 0 Å². The van der Waals surface area contributed by atoms with Gasteiger partial charge in [0.05, 0.1) is 12.7 Å². The van der Waals surface area contributed by atoms with Crippen molar-refractivity contribution in [3.63, 3.8) is 0 Å². The summed E-state index contributed by atoms with van der Waals surface area (Å²) in [6.45, 7) is 0. The molecule has 0 radical (unpaired) electrons. The molecule has 0 aromatic heterocycles. The molecule has 0 heterocycles. The number of carbonyl (C=O) groups is 1. The van der Waals surface area contributed by atoms with E-state index in [4.69, 9.17) is 22.1 Å². The third-order valence-electron chi connectivity index (χ3n) is 2.55. The summed E-state index contributed by atoms with van der Waals surface area (Å²) in [5, 5.41) is 0.489. The summed E-state index contributed by atoms with van der Waals surface area (Å²) in [6, 6.07) is 11.7. The van der Waals surface area contributed by atoms with Gasteiger partial charge in [-0.3, -0.25) is 4.79 Å². The highest BCUT2D eigenvalue weighted by molar-refractivity contribution is 6.31. The van der Waals surface area contributed by atoms with Crippen LogP contribution in [0.3, 0.4) is 0 Å². The van der Waals surface area contributed by atoms with E-state index in [9.17, 15) is 4.79 Å². The van der Waals surface area contributed by atoms with E-state index >= 15 is 0 Å². The Morgan fingerprint density at radius 1 is 1.22 bits per heavy atom. The zero-order chi connectivity index (χ0) is 13.1. The molecule has 2 aromatic carbocycles. The van der Waals surface area contributed by atoms with Gasteiger partial charge in [-0.15, -0.1) is 0 Å². The van der Waals surface area contributed by atoms with Crippen LogP contribution in [-0.2, 0) is 0 Å². The molecule has 2 aromatic rings. The molecule has 0 aliphatic rings. The minimum atomic E-state index is -0.165. The second-order valence-electron chi connectivity index (χ2n) is 3.80. The number of carbonyl (C=O) groups excluding carboxylic acids is 1. The predicted octanol–water partition coefficient (Wildman–Crippen LogP) is 3.16. The Bertz CT molecular complexity index is 596. The summed E-state index contributed by atoms with van der Waals surface area (Å²) in [6.07, 6.45) is 0. The van der Waals surface area contributed by atoms with Gasteiger partial charge in [0, 0.05) is 16.3 Å². The van der Waals surface area contributed by atoms with Crippen molar-refractivity contribution >= 4 is 23.1 Å². The molecule has 0 amide bonds. The van der Waals surface area contributed by atoms with Crippen molar-refractivity contribution in [1.82, 2.24) is 0 Å². The van der Waals surface area contributed by atoms with Crippen LogP contribution in [0.4, 0.5) is 5.69 Å². The van der Waals surface area contributed by atoms with Gasteiger partial charge in [-0.05, 0) is 30.3 Å². The van der Waals surface area contributed by atoms with E-state index in [0.29, 0.717) is 27.6 Å². The fraction of sp³-hybridized carbons (Fsp3) is 0.0714. The Balaban J connectivity index is 2.48. The van der Waals surface area contributed by atoms with E-state index in [-0.39, 0.29) is 5.78 Å². The summed E-state index contributed by atoms with van der Waals surface area (Å²) in [5.41, 5.74) is 7.15. The number of anilines is 1. The first-order valence-corrected chi connectivity index (χ1v) is 5.73. The molecular weight excluding hydrogens is 250 g/mol. The first kappa shape index (κ1) is 12.5. The van der Waals surface area contributed by atoms with Crippen LogP contribution in [0.5, 0.6) is 5.75 Å². The Kier molecular flexibility index (Phi) is 3.53. The predicted molar refractivity (Wildman–Crippen MR) is 72.3 cm³/mol. The van der Waals surface area contributed by atoms with E-state index < -0.39 is 0 Å². The van der Waals surface area contributed by atoms with E-state index in [1.54, 1.807) is 42.5 Å². The van der Waals surface area contributed by atoms with Crippen molar-refractivity contribution in [2.24, 2.45) is 0 Å². The van der Waals surface area contributed by atoms with Gasteiger partial charge in [0.1, 0.15) is 5.75 Å². The fourth-order valence-corrected chi connectivity index (χ4v) is 1.87. The summed E-state index contributed by atoms with van der Waals surface area (Å²) < 4.78 is 5.16. The maximum atomic E-state index is 12.3. The summed E-state index contributed by atoms with van der Waals surface area (Å²) in [5.74, 6) is 0.327. The van der Waals surface area contributed by atoms with Gasteiger partial charge in [-0.25, -0.2) is 0 Å². The van der Waals surface area contributed by atoms with Crippen molar-refractivity contribution in [2.45, 2.75) is 0 Å². The van der Waals surface area contributed by atoms with Gasteiger partial charge in [0.25, 0.3) is 0 Å². The first-order chi connectivity index (χ1) is 8.61. The van der Waals surface area contributed by atoms with Crippen LogP contribution >= 0.6 is 11.6 Å². The molecule has 3 nitrogen and oxygen atoms in total. The number of halogens is 1. The fourth-order valence-electron chi connectivity index (χ4n) is 1.69. The lowest BCUT2D eigenvalue weighted by atomic mass is 10.0. The van der Waals surface area contributed by atoms with Crippen molar-refractivity contribution in [3.05, 3.63) is 58.6 Å². The van der Waals surface area contributed by atoms with Gasteiger partial charge in [0.15, 0.2) is 5.78 Å². The van der Waals surface area contributed by atoms with E-state index in [1.165, 1.54) is 7.11 Å². The number of benzene rings is 2. The lowest BCUT2D eigenvalue weighted by Gasteiger charge is -2.08. The molecule has 0 fully saturated rings. The molecule has 18 heavy (non-hydrogen) atoms. The summed E-state index contributed by atoms with van der Waals surface area (Å²) >= 11 is 5.90. The second-order valence-corrected chi connectivity index (χ2v) is 4.24. The quantitative estimate of drug-likeness (QED) is 0.682. The molecule has 0 saturated heterocycles. The molecule has 0 spiro atoms. The molecule has 0 aliphatic carbocycles. The largest absolute Gasteiger partial charge is 0.496 e. The number of nitrogen functional groups attached to an aromatic ring is 1. The van der Waals surface area contributed by atoms with Crippen LogP contribution < -0.4 is 10.5 Å². The van der Waals surface area contributed by atoms with Crippen LogP contribution in [0.15, 0.2) is 42.5 Å². The monoisotopic (exact) mass is 261 g/mol. The van der Waals surface area contributed by atoms with Gasteiger partial charge < -0.3 is 10.5 Å². The first-order valence-electron chi connectivity index (χ1n) is 5.35. The summed E-state index contributed by atoms with van der Waals surface area (Å²) in [7, 11) is 1.51. The molecule has 0 unspecified atom stereocenters. The van der Waals surface area contributed by atoms with Crippen molar-refractivity contribution in [3.8, 4) is 5.75 Å². The van der Waals surface area contributed by atoms with E-state index in [1.807, 2.05) is 0 Å². The molecular formula is C14H12ClNO2. The number of hydrogen-bond donors (Lipinski definition) is 1. The molecule has 4 heteroatoms. The number of ketones is 1. The molecule has 0 aliphatic heterocycles. The maximum Gasteiger partial charge on any atom is 0.196 e. The lowest BCUT2D eigenvalue weighted by Crippen LogP contribution is -2.04. The minimum absolute atomic E-state index is 0.165. The molecule has 0 bridgehead atoms. The Morgan fingerprint density at radius 3 is 2.67 bits per heavy atom. The average molecular weight is 262 g/mol. The van der Waals surface area contributed by atoms with E-state index in [0.717, 1.165) is 0 Å². The topological polar surface area (TPSA) is 52.3 Å². The number of rotatable bonds is 3.